The number of allylic oxidation sites excluding steroid dienone is 4. The SMILES string of the molecule is C/C=C\C=C(/C)CC1CN(S(=O)(=O)c2cccc(C(=O)Nc3cc(F)c(F)c(Cl)c3)c2)CCC1O. The first kappa shape index (κ1) is 27.0. The number of piperidine rings is 1. The smallest absolute Gasteiger partial charge is 0.255 e. The maximum absolute atomic E-state index is 13.6. The summed E-state index contributed by atoms with van der Waals surface area (Å²) in [5, 5.41) is 12.3. The van der Waals surface area contributed by atoms with Crippen molar-refractivity contribution in [3.05, 3.63) is 82.4 Å². The number of hydrogen-bond donors (Lipinski definition) is 2. The molecule has 1 aliphatic rings. The molecule has 3 rings (SSSR count). The molecule has 1 heterocycles. The summed E-state index contributed by atoms with van der Waals surface area (Å²) in [7, 11) is -3.94. The minimum Gasteiger partial charge on any atom is -0.393 e. The fourth-order valence-corrected chi connectivity index (χ4v) is 5.69. The summed E-state index contributed by atoms with van der Waals surface area (Å²) >= 11 is 5.62. The number of halogens is 3. The second-order valence-electron chi connectivity index (χ2n) is 8.46. The average molecular weight is 525 g/mol. The van der Waals surface area contributed by atoms with E-state index in [1.807, 2.05) is 32.1 Å². The predicted octanol–water partition coefficient (Wildman–Crippen LogP) is 5.15. The van der Waals surface area contributed by atoms with Gasteiger partial charge in [-0.25, -0.2) is 17.2 Å². The van der Waals surface area contributed by atoms with Crippen LogP contribution >= 0.6 is 11.6 Å². The van der Waals surface area contributed by atoms with Crippen LogP contribution in [0, 0.1) is 17.6 Å². The van der Waals surface area contributed by atoms with Crippen LogP contribution in [-0.4, -0.2) is 42.9 Å². The van der Waals surface area contributed by atoms with Crippen LogP contribution in [0.5, 0.6) is 0 Å². The van der Waals surface area contributed by atoms with Crippen molar-refractivity contribution in [2.75, 3.05) is 18.4 Å². The van der Waals surface area contributed by atoms with Crippen molar-refractivity contribution in [3.8, 4) is 0 Å². The number of sulfonamides is 1. The first-order valence-electron chi connectivity index (χ1n) is 11.1. The van der Waals surface area contributed by atoms with Gasteiger partial charge in [0.15, 0.2) is 11.6 Å². The van der Waals surface area contributed by atoms with E-state index < -0.39 is 38.7 Å². The van der Waals surface area contributed by atoms with Crippen molar-refractivity contribution in [3.63, 3.8) is 0 Å². The van der Waals surface area contributed by atoms with Crippen LogP contribution in [0.3, 0.4) is 0 Å². The highest BCUT2D eigenvalue weighted by Crippen LogP contribution is 2.29. The average Bonchev–Trinajstić information content (AvgIpc) is 2.82. The summed E-state index contributed by atoms with van der Waals surface area (Å²) in [5.74, 6) is -3.41. The van der Waals surface area contributed by atoms with Crippen LogP contribution in [0.2, 0.25) is 5.02 Å². The summed E-state index contributed by atoms with van der Waals surface area (Å²) in [6.45, 7) is 4.13. The molecule has 0 bridgehead atoms. The number of aliphatic hydroxyl groups is 1. The Bertz CT molecular complexity index is 1240. The van der Waals surface area contributed by atoms with E-state index in [9.17, 15) is 27.1 Å². The van der Waals surface area contributed by atoms with Crippen LogP contribution in [0.1, 0.15) is 37.0 Å². The summed E-state index contributed by atoms with van der Waals surface area (Å²) in [6, 6.07) is 7.30. The Morgan fingerprint density at radius 1 is 1.29 bits per heavy atom. The predicted molar refractivity (Wildman–Crippen MR) is 132 cm³/mol. The van der Waals surface area contributed by atoms with Crippen molar-refractivity contribution in [1.82, 2.24) is 4.31 Å². The van der Waals surface area contributed by atoms with Crippen LogP contribution in [0.4, 0.5) is 14.5 Å². The molecular weight excluding hydrogens is 498 g/mol. The number of carbonyl (C=O) groups is 1. The van der Waals surface area contributed by atoms with Crippen LogP contribution in [0.25, 0.3) is 0 Å². The summed E-state index contributed by atoms with van der Waals surface area (Å²) in [4.78, 5) is 12.6. The van der Waals surface area contributed by atoms with E-state index in [1.165, 1.54) is 28.6 Å². The number of carbonyl (C=O) groups excluding carboxylic acids is 1. The quantitative estimate of drug-likeness (QED) is 0.387. The number of benzene rings is 2. The van der Waals surface area contributed by atoms with Crippen LogP contribution < -0.4 is 5.32 Å². The van der Waals surface area contributed by atoms with E-state index in [0.717, 1.165) is 17.7 Å². The Labute approximate surface area is 209 Å². The minimum atomic E-state index is -3.94. The first-order chi connectivity index (χ1) is 16.5. The Balaban J connectivity index is 1.79. The number of nitrogens with zero attached hydrogens (tertiary/aromatic N) is 1. The van der Waals surface area contributed by atoms with Gasteiger partial charge in [-0.2, -0.15) is 4.31 Å². The molecule has 35 heavy (non-hydrogen) atoms. The van der Waals surface area contributed by atoms with Crippen molar-refractivity contribution in [2.24, 2.45) is 5.92 Å². The molecule has 2 aromatic rings. The van der Waals surface area contributed by atoms with E-state index in [2.05, 4.69) is 5.32 Å². The van der Waals surface area contributed by atoms with Gasteiger partial charge in [-0.15, -0.1) is 0 Å². The fraction of sp³-hybridized carbons (Fsp3) is 0.320. The van der Waals surface area contributed by atoms with E-state index in [0.29, 0.717) is 12.8 Å². The van der Waals surface area contributed by atoms with E-state index in [1.54, 1.807) is 0 Å². The van der Waals surface area contributed by atoms with Gasteiger partial charge in [-0.05, 0) is 51.0 Å². The van der Waals surface area contributed by atoms with E-state index in [4.69, 9.17) is 11.6 Å². The third kappa shape index (κ3) is 6.55. The molecule has 10 heteroatoms. The van der Waals surface area contributed by atoms with Gasteiger partial charge in [0.25, 0.3) is 5.91 Å². The maximum atomic E-state index is 13.6. The second-order valence-corrected chi connectivity index (χ2v) is 10.8. The largest absolute Gasteiger partial charge is 0.393 e. The molecule has 6 nitrogen and oxygen atoms in total. The summed E-state index contributed by atoms with van der Waals surface area (Å²) in [5.41, 5.74) is 0.981. The lowest BCUT2D eigenvalue weighted by Crippen LogP contribution is -2.46. The molecule has 1 fully saturated rings. The number of hydrogen-bond acceptors (Lipinski definition) is 4. The Morgan fingerprint density at radius 2 is 2.03 bits per heavy atom. The number of amides is 1. The Kier molecular flexibility index (Phi) is 8.82. The van der Waals surface area contributed by atoms with Gasteiger partial charge in [-0.1, -0.05) is 41.5 Å². The molecule has 1 aliphatic heterocycles. The minimum absolute atomic E-state index is 0.0191. The molecule has 188 valence electrons. The van der Waals surface area contributed by atoms with Gasteiger partial charge in [0, 0.05) is 36.3 Å². The molecule has 1 amide bonds. The van der Waals surface area contributed by atoms with Crippen LogP contribution in [0.15, 0.2) is 65.1 Å². The number of anilines is 1. The number of rotatable bonds is 7. The summed E-state index contributed by atoms with van der Waals surface area (Å²) < 4.78 is 55.0. The lowest BCUT2D eigenvalue weighted by Gasteiger charge is -2.35. The zero-order chi connectivity index (χ0) is 25.8. The first-order valence-corrected chi connectivity index (χ1v) is 12.9. The van der Waals surface area contributed by atoms with Crippen LogP contribution in [-0.2, 0) is 10.0 Å². The van der Waals surface area contributed by atoms with E-state index in [-0.39, 0.29) is 35.2 Å². The van der Waals surface area contributed by atoms with Crippen molar-refractivity contribution < 1.29 is 27.1 Å². The number of nitrogens with one attached hydrogen (secondary N) is 1. The van der Waals surface area contributed by atoms with Crippen molar-refractivity contribution >= 4 is 33.2 Å². The standard InChI is InChI=1S/C25H27ClF2N2O4S/c1-3-4-6-16(2)11-18-15-30(10-9-23(18)31)35(33,34)20-8-5-7-17(12-20)25(32)29-19-13-21(26)24(28)22(27)14-19/h3-8,12-14,18,23,31H,9-11,15H2,1-2H3,(H,29,32)/b4-3-,16-6+. The monoisotopic (exact) mass is 524 g/mol. The highest BCUT2D eigenvalue weighted by molar-refractivity contribution is 7.89. The molecule has 2 aromatic carbocycles. The maximum Gasteiger partial charge on any atom is 0.255 e. The Hall–Kier alpha value is -2.59. The molecule has 2 atom stereocenters. The lowest BCUT2D eigenvalue weighted by atomic mass is 9.90. The van der Waals surface area contributed by atoms with Gasteiger partial charge < -0.3 is 10.4 Å². The van der Waals surface area contributed by atoms with Crippen molar-refractivity contribution in [2.45, 2.75) is 37.7 Å². The Morgan fingerprint density at radius 3 is 2.71 bits per heavy atom. The summed E-state index contributed by atoms with van der Waals surface area (Å²) in [6.07, 6.45) is 5.96. The fourth-order valence-electron chi connectivity index (χ4n) is 3.93. The zero-order valence-electron chi connectivity index (χ0n) is 19.3. The second kappa shape index (κ2) is 11.4. The molecule has 0 aliphatic carbocycles. The zero-order valence-corrected chi connectivity index (χ0v) is 20.9. The highest BCUT2D eigenvalue weighted by atomic mass is 35.5. The molecule has 0 saturated carbocycles. The van der Waals surface area contributed by atoms with Gasteiger partial charge >= 0.3 is 0 Å². The van der Waals surface area contributed by atoms with Gasteiger partial charge in [0.2, 0.25) is 10.0 Å². The topological polar surface area (TPSA) is 86.7 Å². The highest BCUT2D eigenvalue weighted by Gasteiger charge is 2.35. The molecule has 0 radical (unpaired) electrons. The molecule has 0 aromatic heterocycles. The number of aliphatic hydroxyl groups excluding tert-OH is 1. The molecule has 1 saturated heterocycles. The third-order valence-electron chi connectivity index (χ3n) is 5.79. The van der Waals surface area contributed by atoms with Gasteiger partial charge in [-0.3, -0.25) is 4.79 Å². The molecular formula is C25H27ClF2N2O4S. The van der Waals surface area contributed by atoms with Gasteiger partial charge in [0.1, 0.15) is 0 Å². The molecule has 2 N–H and O–H groups in total. The lowest BCUT2D eigenvalue weighted by molar-refractivity contribution is 0.0540. The van der Waals surface area contributed by atoms with Gasteiger partial charge in [0.05, 0.1) is 16.0 Å². The van der Waals surface area contributed by atoms with Crippen molar-refractivity contribution in [1.29, 1.82) is 0 Å². The third-order valence-corrected chi connectivity index (χ3v) is 7.93. The molecule has 2 unspecified atom stereocenters. The normalized spacial score (nSPS) is 19.8. The molecule has 0 spiro atoms. The van der Waals surface area contributed by atoms with E-state index >= 15 is 0 Å².